The largest absolute Gasteiger partial charge is 0.507 e. The average Bonchev–Trinajstić information content (AvgIpc) is 2.56. The Bertz CT molecular complexity index is 768. The molecule has 6 nitrogen and oxygen atoms in total. The Morgan fingerprint density at radius 1 is 1.38 bits per heavy atom. The molecule has 0 heterocycles. The first-order chi connectivity index (χ1) is 11.5. The number of hydrazone groups is 1. The number of benzene rings is 2. The molecule has 2 aromatic rings. The molecule has 0 saturated heterocycles. The third kappa shape index (κ3) is 5.14. The lowest BCUT2D eigenvalue weighted by atomic mass is 10.2. The lowest BCUT2D eigenvalue weighted by molar-refractivity contribution is -0.123. The van der Waals surface area contributed by atoms with E-state index in [4.69, 9.17) is 21.1 Å². The van der Waals surface area contributed by atoms with Gasteiger partial charge in [-0.2, -0.15) is 5.10 Å². The van der Waals surface area contributed by atoms with Crippen molar-refractivity contribution in [1.29, 1.82) is 0 Å². The number of hydrogen-bond acceptors (Lipinski definition) is 5. The van der Waals surface area contributed by atoms with Crippen LogP contribution in [0.5, 0.6) is 17.2 Å². The molecule has 0 radical (unpaired) electrons. The highest BCUT2D eigenvalue weighted by Gasteiger charge is 2.06. The van der Waals surface area contributed by atoms with Gasteiger partial charge in [-0.3, -0.25) is 4.79 Å². The van der Waals surface area contributed by atoms with Crippen LogP contribution in [0, 0.1) is 0 Å². The van der Waals surface area contributed by atoms with Crippen molar-refractivity contribution in [1.82, 2.24) is 5.43 Å². The van der Waals surface area contributed by atoms with Gasteiger partial charge in [-0.05, 0) is 52.3 Å². The third-order valence-corrected chi connectivity index (χ3v) is 3.74. The Labute approximate surface area is 152 Å². The van der Waals surface area contributed by atoms with E-state index in [0.717, 1.165) is 0 Å². The zero-order chi connectivity index (χ0) is 17.5. The standard InChI is InChI=1S/C16H14BrClN2O4/c1-23-12-3-5-15(13(17)7-12)24-9-16(22)20-19-8-10-6-11(18)2-4-14(10)21/h2-8,21H,9H2,1H3,(H,20,22). The maximum Gasteiger partial charge on any atom is 0.277 e. The van der Waals surface area contributed by atoms with E-state index >= 15 is 0 Å². The van der Waals surface area contributed by atoms with E-state index in [9.17, 15) is 9.90 Å². The summed E-state index contributed by atoms with van der Waals surface area (Å²) in [5.41, 5.74) is 2.69. The zero-order valence-corrected chi connectivity index (χ0v) is 15.0. The second kappa shape index (κ2) is 8.56. The molecule has 0 aliphatic heterocycles. The average molecular weight is 414 g/mol. The fourth-order valence-corrected chi connectivity index (χ4v) is 2.36. The van der Waals surface area contributed by atoms with Crippen LogP contribution in [-0.4, -0.2) is 30.9 Å². The Morgan fingerprint density at radius 3 is 2.88 bits per heavy atom. The summed E-state index contributed by atoms with van der Waals surface area (Å²) >= 11 is 9.15. The molecule has 2 N–H and O–H groups in total. The minimum atomic E-state index is -0.449. The van der Waals surface area contributed by atoms with E-state index in [-0.39, 0.29) is 12.4 Å². The number of rotatable bonds is 6. The van der Waals surface area contributed by atoms with Crippen molar-refractivity contribution >= 4 is 39.7 Å². The number of amides is 1. The number of carbonyl (C=O) groups is 1. The van der Waals surface area contributed by atoms with Gasteiger partial charge in [-0.15, -0.1) is 0 Å². The topological polar surface area (TPSA) is 80.2 Å². The fourth-order valence-electron chi connectivity index (χ4n) is 1.70. The number of hydrogen-bond donors (Lipinski definition) is 2. The molecule has 2 aromatic carbocycles. The van der Waals surface area contributed by atoms with Crippen molar-refractivity contribution in [2.45, 2.75) is 0 Å². The number of ether oxygens (including phenoxy) is 2. The summed E-state index contributed by atoms with van der Waals surface area (Å²) in [6.45, 7) is -0.218. The third-order valence-electron chi connectivity index (χ3n) is 2.88. The van der Waals surface area contributed by atoms with Gasteiger partial charge >= 0.3 is 0 Å². The Morgan fingerprint density at radius 2 is 2.17 bits per heavy atom. The van der Waals surface area contributed by atoms with Gasteiger partial charge in [-0.1, -0.05) is 11.6 Å². The number of phenolic OH excluding ortho intramolecular Hbond substituents is 1. The van der Waals surface area contributed by atoms with E-state index in [1.165, 1.54) is 18.3 Å². The van der Waals surface area contributed by atoms with Gasteiger partial charge in [0.15, 0.2) is 6.61 Å². The highest BCUT2D eigenvalue weighted by atomic mass is 79.9. The van der Waals surface area contributed by atoms with Crippen molar-refractivity contribution < 1.29 is 19.4 Å². The number of carbonyl (C=O) groups excluding carboxylic acids is 1. The van der Waals surface area contributed by atoms with Crippen molar-refractivity contribution in [2.24, 2.45) is 5.10 Å². The van der Waals surface area contributed by atoms with E-state index in [0.29, 0.717) is 26.6 Å². The Kier molecular flexibility index (Phi) is 6.45. The second-order valence-corrected chi connectivity index (χ2v) is 5.87. The van der Waals surface area contributed by atoms with Crippen LogP contribution in [0.4, 0.5) is 0 Å². The maximum absolute atomic E-state index is 11.7. The van der Waals surface area contributed by atoms with Gasteiger partial charge in [-0.25, -0.2) is 5.43 Å². The van der Waals surface area contributed by atoms with Gasteiger partial charge in [0.05, 0.1) is 17.8 Å². The van der Waals surface area contributed by atoms with Crippen LogP contribution in [0.25, 0.3) is 0 Å². The van der Waals surface area contributed by atoms with E-state index in [1.807, 2.05) is 0 Å². The van der Waals surface area contributed by atoms with Crippen molar-refractivity contribution in [2.75, 3.05) is 13.7 Å². The lowest BCUT2D eigenvalue weighted by Crippen LogP contribution is -2.24. The predicted octanol–water partition coefficient (Wildman–Crippen LogP) is 3.35. The van der Waals surface area contributed by atoms with Crippen molar-refractivity contribution in [3.8, 4) is 17.2 Å². The van der Waals surface area contributed by atoms with E-state index in [1.54, 1.807) is 31.4 Å². The Hall–Kier alpha value is -2.25. The number of aromatic hydroxyl groups is 1. The molecular weight excluding hydrogens is 400 g/mol. The van der Waals surface area contributed by atoms with Crippen LogP contribution in [0.3, 0.4) is 0 Å². The maximum atomic E-state index is 11.7. The van der Waals surface area contributed by atoms with Crippen LogP contribution in [0.2, 0.25) is 5.02 Å². The summed E-state index contributed by atoms with van der Waals surface area (Å²) in [4.78, 5) is 11.7. The molecule has 0 bridgehead atoms. The summed E-state index contributed by atoms with van der Waals surface area (Å²) in [6, 6.07) is 9.65. The summed E-state index contributed by atoms with van der Waals surface area (Å²) < 4.78 is 11.1. The van der Waals surface area contributed by atoms with Crippen LogP contribution >= 0.6 is 27.5 Å². The molecule has 0 saturated carbocycles. The molecule has 0 atom stereocenters. The molecular formula is C16H14BrClN2O4. The van der Waals surface area contributed by atoms with Gasteiger partial charge in [0.1, 0.15) is 17.2 Å². The minimum Gasteiger partial charge on any atom is -0.507 e. The molecule has 0 aromatic heterocycles. The molecule has 126 valence electrons. The molecule has 2 rings (SSSR count). The number of nitrogens with zero attached hydrogens (tertiary/aromatic N) is 1. The van der Waals surface area contributed by atoms with Crippen molar-refractivity contribution in [3.63, 3.8) is 0 Å². The molecule has 1 amide bonds. The minimum absolute atomic E-state index is 0.0100. The predicted molar refractivity (Wildman–Crippen MR) is 95.0 cm³/mol. The van der Waals surface area contributed by atoms with Gasteiger partial charge in [0.2, 0.25) is 0 Å². The monoisotopic (exact) mass is 412 g/mol. The number of methoxy groups -OCH3 is 1. The molecule has 0 fully saturated rings. The highest BCUT2D eigenvalue weighted by Crippen LogP contribution is 2.29. The first kappa shape index (κ1) is 18.1. The number of halogens is 2. The van der Waals surface area contributed by atoms with E-state index < -0.39 is 5.91 Å². The summed E-state index contributed by atoms with van der Waals surface area (Å²) in [5, 5.41) is 13.8. The van der Waals surface area contributed by atoms with Crippen LogP contribution in [0.15, 0.2) is 46.0 Å². The smallest absolute Gasteiger partial charge is 0.277 e. The first-order valence-electron chi connectivity index (χ1n) is 6.76. The first-order valence-corrected chi connectivity index (χ1v) is 7.93. The summed E-state index contributed by atoms with van der Waals surface area (Å²) in [6.07, 6.45) is 1.29. The summed E-state index contributed by atoms with van der Waals surface area (Å²) in [5.74, 6) is 0.735. The van der Waals surface area contributed by atoms with Crippen molar-refractivity contribution in [3.05, 3.63) is 51.5 Å². The fraction of sp³-hybridized carbons (Fsp3) is 0.125. The molecule has 0 aliphatic carbocycles. The second-order valence-electron chi connectivity index (χ2n) is 4.58. The summed E-state index contributed by atoms with van der Waals surface area (Å²) in [7, 11) is 1.56. The number of phenols is 1. The molecule has 0 unspecified atom stereocenters. The van der Waals surface area contributed by atoms with Gasteiger partial charge in [0, 0.05) is 10.6 Å². The van der Waals surface area contributed by atoms with Crippen LogP contribution < -0.4 is 14.9 Å². The molecule has 0 spiro atoms. The SMILES string of the molecule is COc1ccc(OCC(=O)NN=Cc2cc(Cl)ccc2O)c(Br)c1. The highest BCUT2D eigenvalue weighted by molar-refractivity contribution is 9.10. The van der Waals surface area contributed by atoms with Crippen LogP contribution in [-0.2, 0) is 4.79 Å². The molecule has 0 aliphatic rings. The van der Waals surface area contributed by atoms with Gasteiger partial charge in [0.25, 0.3) is 5.91 Å². The Balaban J connectivity index is 1.87. The molecule has 24 heavy (non-hydrogen) atoms. The normalized spacial score (nSPS) is 10.6. The number of nitrogens with one attached hydrogen (secondary N) is 1. The zero-order valence-electron chi connectivity index (χ0n) is 12.6. The quantitative estimate of drug-likeness (QED) is 0.562. The van der Waals surface area contributed by atoms with E-state index in [2.05, 4.69) is 26.5 Å². The van der Waals surface area contributed by atoms with Gasteiger partial charge < -0.3 is 14.6 Å². The molecule has 8 heteroatoms. The lowest BCUT2D eigenvalue weighted by Gasteiger charge is -2.08. The van der Waals surface area contributed by atoms with Crippen LogP contribution in [0.1, 0.15) is 5.56 Å².